The van der Waals surface area contributed by atoms with Crippen molar-refractivity contribution in [2.45, 2.75) is 13.0 Å². The molecule has 1 atom stereocenters. The molecule has 6 rings (SSSR count). The van der Waals surface area contributed by atoms with E-state index >= 15 is 0 Å². The Bertz CT molecular complexity index is 1560. The zero-order chi connectivity index (χ0) is 24.8. The largest absolute Gasteiger partial charge is 0.361 e. The molecule has 1 unspecified atom stereocenters. The van der Waals surface area contributed by atoms with Gasteiger partial charge in [0.1, 0.15) is 24.0 Å². The second kappa shape index (κ2) is 8.79. The first kappa shape index (κ1) is 22.3. The van der Waals surface area contributed by atoms with E-state index in [-0.39, 0.29) is 11.9 Å². The van der Waals surface area contributed by atoms with Crippen LogP contribution in [-0.4, -0.2) is 76.1 Å². The molecule has 0 radical (unpaired) electrons. The number of halogens is 1. The Morgan fingerprint density at radius 1 is 1.17 bits per heavy atom. The van der Waals surface area contributed by atoms with E-state index in [0.717, 1.165) is 16.9 Å². The van der Waals surface area contributed by atoms with Crippen molar-refractivity contribution >= 4 is 45.8 Å². The molecule has 0 saturated carbocycles. The highest BCUT2D eigenvalue weighted by molar-refractivity contribution is 6.34. The number of hydrogen-bond donors (Lipinski definition) is 2. The van der Waals surface area contributed by atoms with Gasteiger partial charge < -0.3 is 20.1 Å². The predicted molar refractivity (Wildman–Crippen MR) is 135 cm³/mol. The first-order valence-corrected chi connectivity index (χ1v) is 12.0. The van der Waals surface area contributed by atoms with Crippen LogP contribution in [-0.2, 0) is 7.05 Å². The number of amides is 1. The molecule has 5 aromatic heterocycles. The lowest BCUT2D eigenvalue weighted by Crippen LogP contribution is -2.49. The van der Waals surface area contributed by atoms with Gasteiger partial charge in [-0.05, 0) is 13.0 Å². The Labute approximate surface area is 210 Å². The van der Waals surface area contributed by atoms with Crippen molar-refractivity contribution in [3.63, 3.8) is 0 Å². The van der Waals surface area contributed by atoms with Gasteiger partial charge in [-0.2, -0.15) is 5.10 Å². The van der Waals surface area contributed by atoms with Gasteiger partial charge in [-0.1, -0.05) is 11.6 Å². The molecule has 12 nitrogen and oxygen atoms in total. The zero-order valence-corrected chi connectivity index (χ0v) is 20.5. The van der Waals surface area contributed by atoms with Crippen molar-refractivity contribution < 1.29 is 4.79 Å². The van der Waals surface area contributed by atoms with Gasteiger partial charge in [0.2, 0.25) is 0 Å². The van der Waals surface area contributed by atoms with Gasteiger partial charge in [0.05, 0.1) is 40.9 Å². The number of imidazole rings is 2. The van der Waals surface area contributed by atoms with E-state index in [0.29, 0.717) is 53.7 Å². The van der Waals surface area contributed by atoms with Crippen molar-refractivity contribution in [3.05, 3.63) is 59.8 Å². The van der Waals surface area contributed by atoms with Crippen LogP contribution >= 0.6 is 11.6 Å². The molecule has 0 aliphatic carbocycles. The monoisotopic (exact) mass is 505 g/mol. The van der Waals surface area contributed by atoms with Gasteiger partial charge in [0.15, 0.2) is 11.5 Å². The average Bonchev–Trinajstić information content (AvgIpc) is 3.65. The van der Waals surface area contributed by atoms with E-state index in [1.54, 1.807) is 43.0 Å². The molecule has 1 aliphatic heterocycles. The molecule has 1 amide bonds. The minimum atomic E-state index is -0.158. The van der Waals surface area contributed by atoms with E-state index < -0.39 is 0 Å². The molecule has 6 heterocycles. The number of aromatic amines is 1. The first-order chi connectivity index (χ1) is 17.5. The summed E-state index contributed by atoms with van der Waals surface area (Å²) < 4.78 is 3.65. The summed E-state index contributed by atoms with van der Waals surface area (Å²) in [7, 11) is 1.81. The van der Waals surface area contributed by atoms with E-state index in [9.17, 15) is 4.79 Å². The Kier molecular flexibility index (Phi) is 5.44. The molecule has 0 spiro atoms. The van der Waals surface area contributed by atoms with Crippen molar-refractivity contribution in [1.82, 2.24) is 44.0 Å². The standard InChI is InChI=1S/C23H24ClN11O/c1-14(31-21-19-20(27-11-26-19)28-12-29-21)16-7-17(24)18-9-25-13-35(18)22(16)33-3-5-34(6-4-33)23(36)15-8-30-32(2)10-15/h7-14H,3-6H2,1-2H3,(H2,26,27,28,29,31). The molecule has 1 fully saturated rings. The number of nitrogens with zero attached hydrogens (tertiary/aromatic N) is 9. The van der Waals surface area contributed by atoms with Crippen LogP contribution in [0.2, 0.25) is 5.02 Å². The molecule has 1 saturated heterocycles. The lowest BCUT2D eigenvalue weighted by atomic mass is 10.1. The average molecular weight is 506 g/mol. The smallest absolute Gasteiger partial charge is 0.257 e. The van der Waals surface area contributed by atoms with Crippen LogP contribution in [0, 0.1) is 0 Å². The van der Waals surface area contributed by atoms with E-state index in [1.165, 1.54) is 6.33 Å². The number of aromatic nitrogens is 8. The van der Waals surface area contributed by atoms with E-state index in [1.807, 2.05) is 15.4 Å². The van der Waals surface area contributed by atoms with Gasteiger partial charge in [-0.3, -0.25) is 13.9 Å². The van der Waals surface area contributed by atoms with Gasteiger partial charge in [-0.15, -0.1) is 0 Å². The normalized spacial score (nSPS) is 15.1. The molecular formula is C23H24ClN11O. The zero-order valence-electron chi connectivity index (χ0n) is 19.8. The molecule has 0 aromatic carbocycles. The third kappa shape index (κ3) is 3.79. The number of pyridine rings is 1. The Balaban J connectivity index is 1.31. The highest BCUT2D eigenvalue weighted by Gasteiger charge is 2.28. The Morgan fingerprint density at radius 2 is 2.00 bits per heavy atom. The quantitative estimate of drug-likeness (QED) is 0.373. The summed E-state index contributed by atoms with van der Waals surface area (Å²) in [6, 6.07) is 1.82. The Hall–Kier alpha value is -4.19. The molecule has 1 aliphatic rings. The van der Waals surface area contributed by atoms with Crippen LogP contribution in [0.1, 0.15) is 28.9 Å². The fourth-order valence-corrected chi connectivity index (χ4v) is 4.95. The molecule has 2 N–H and O–H groups in total. The van der Waals surface area contributed by atoms with Crippen LogP contribution < -0.4 is 10.2 Å². The highest BCUT2D eigenvalue weighted by atomic mass is 35.5. The summed E-state index contributed by atoms with van der Waals surface area (Å²) in [5.41, 5.74) is 3.75. The fourth-order valence-electron chi connectivity index (χ4n) is 4.70. The number of carbonyl (C=O) groups excluding carboxylic acids is 1. The summed E-state index contributed by atoms with van der Waals surface area (Å²) >= 11 is 6.66. The maximum Gasteiger partial charge on any atom is 0.257 e. The number of rotatable bonds is 5. The van der Waals surface area contributed by atoms with Crippen molar-refractivity contribution in [2.75, 3.05) is 36.4 Å². The van der Waals surface area contributed by atoms with Gasteiger partial charge in [-0.25, -0.2) is 19.9 Å². The summed E-state index contributed by atoms with van der Waals surface area (Å²) in [6.45, 7) is 4.57. The second-order valence-electron chi connectivity index (χ2n) is 8.79. The molecule has 184 valence electrons. The maximum absolute atomic E-state index is 12.9. The number of piperazine rings is 1. The molecule has 5 aromatic rings. The summed E-state index contributed by atoms with van der Waals surface area (Å²) in [5.74, 6) is 1.61. The Morgan fingerprint density at radius 3 is 2.78 bits per heavy atom. The number of aryl methyl sites for hydroxylation is 1. The number of H-pyrrole nitrogens is 1. The van der Waals surface area contributed by atoms with E-state index in [2.05, 4.69) is 47.2 Å². The minimum absolute atomic E-state index is 0.00586. The number of fused-ring (bicyclic) bond motifs is 2. The van der Waals surface area contributed by atoms with Crippen molar-refractivity contribution in [1.29, 1.82) is 0 Å². The SMILES string of the molecule is CC(Nc1ncnc2[nH]cnc12)c1cc(Cl)c2cncn2c1N1CCN(C(=O)c2cnn(C)c2)CC1. The summed E-state index contributed by atoms with van der Waals surface area (Å²) in [4.78, 5) is 37.4. The fraction of sp³-hybridized carbons (Fsp3) is 0.304. The van der Waals surface area contributed by atoms with Crippen LogP contribution in [0.4, 0.5) is 11.6 Å². The molecule has 0 bridgehead atoms. The van der Waals surface area contributed by atoms with Crippen LogP contribution in [0.25, 0.3) is 16.7 Å². The lowest BCUT2D eigenvalue weighted by Gasteiger charge is -2.37. The third-order valence-electron chi connectivity index (χ3n) is 6.51. The molecular weight excluding hydrogens is 482 g/mol. The van der Waals surface area contributed by atoms with Crippen LogP contribution in [0.3, 0.4) is 0 Å². The molecule has 36 heavy (non-hydrogen) atoms. The first-order valence-electron chi connectivity index (χ1n) is 11.6. The number of anilines is 2. The highest BCUT2D eigenvalue weighted by Crippen LogP contribution is 2.35. The minimum Gasteiger partial charge on any atom is -0.361 e. The number of nitrogens with one attached hydrogen (secondary N) is 2. The van der Waals surface area contributed by atoms with Crippen LogP contribution in [0.15, 0.2) is 43.6 Å². The lowest BCUT2D eigenvalue weighted by molar-refractivity contribution is 0.0746. The van der Waals surface area contributed by atoms with E-state index in [4.69, 9.17) is 11.6 Å². The van der Waals surface area contributed by atoms with Crippen molar-refractivity contribution in [3.8, 4) is 0 Å². The van der Waals surface area contributed by atoms with Crippen molar-refractivity contribution in [2.24, 2.45) is 7.05 Å². The van der Waals surface area contributed by atoms with Gasteiger partial charge in [0, 0.05) is 45.0 Å². The second-order valence-corrected chi connectivity index (χ2v) is 9.20. The topological polar surface area (TPSA) is 125 Å². The third-order valence-corrected chi connectivity index (χ3v) is 6.81. The van der Waals surface area contributed by atoms with Crippen LogP contribution in [0.5, 0.6) is 0 Å². The van der Waals surface area contributed by atoms with Gasteiger partial charge >= 0.3 is 0 Å². The summed E-state index contributed by atoms with van der Waals surface area (Å²) in [6.07, 6.45) is 9.99. The number of carbonyl (C=O) groups is 1. The maximum atomic E-state index is 12.9. The number of hydrogen-bond acceptors (Lipinski definition) is 8. The summed E-state index contributed by atoms with van der Waals surface area (Å²) in [5, 5.41) is 8.21. The predicted octanol–water partition coefficient (Wildman–Crippen LogP) is 2.52. The molecule has 13 heteroatoms. The van der Waals surface area contributed by atoms with Gasteiger partial charge in [0.25, 0.3) is 5.91 Å².